The van der Waals surface area contributed by atoms with Crippen LogP contribution in [0.15, 0.2) is 24.3 Å². The zero-order chi connectivity index (χ0) is 5.70. The molecule has 7 heavy (non-hydrogen) atoms. The van der Waals surface area contributed by atoms with Crippen LogP contribution in [0.5, 0.6) is 0 Å². The Labute approximate surface area is 43.4 Å². The number of hydrogen-bond acceptors (Lipinski definition) is 0. The normalized spacial score (nSPS) is 11.4. The maximum atomic E-state index is 11.5. The van der Waals surface area contributed by atoms with Crippen LogP contribution in [0.1, 0.15) is 6.92 Å². The first-order chi connectivity index (χ1) is 3.31. The Morgan fingerprint density at radius 3 is 2.57 bits per heavy atom. The second kappa shape index (κ2) is 3.59. The summed E-state index contributed by atoms with van der Waals surface area (Å²) in [7, 11) is 0. The zero-order valence-electron chi connectivity index (χ0n) is 4.45. The molecule has 0 aromatic carbocycles. The van der Waals surface area contributed by atoms with Crippen molar-refractivity contribution in [2.75, 3.05) is 6.67 Å². The summed E-state index contributed by atoms with van der Waals surface area (Å²) in [6.07, 6.45) is 3.23. The molecular formula is C6H9F. The fourth-order valence-corrected chi connectivity index (χ4v) is 0.246. The highest BCUT2D eigenvalue weighted by molar-refractivity contribution is 5.07. The van der Waals surface area contributed by atoms with Crippen LogP contribution in [0.4, 0.5) is 4.39 Å². The summed E-state index contributed by atoms with van der Waals surface area (Å²) in [5.41, 5.74) is 0.718. The fraction of sp³-hybridized carbons (Fsp3) is 0.333. The van der Waals surface area contributed by atoms with Gasteiger partial charge in [0.15, 0.2) is 0 Å². The van der Waals surface area contributed by atoms with Crippen LogP contribution in [0, 0.1) is 0 Å². The summed E-state index contributed by atoms with van der Waals surface area (Å²) in [5, 5.41) is 0. The van der Waals surface area contributed by atoms with Crippen molar-refractivity contribution >= 4 is 0 Å². The van der Waals surface area contributed by atoms with Crippen molar-refractivity contribution < 1.29 is 4.39 Å². The molecule has 1 heteroatoms. The summed E-state index contributed by atoms with van der Waals surface area (Å²) in [6.45, 7) is 4.76. The van der Waals surface area contributed by atoms with Crippen LogP contribution in [-0.2, 0) is 0 Å². The molecule has 0 bridgehead atoms. The van der Waals surface area contributed by atoms with Crippen LogP contribution in [0.3, 0.4) is 0 Å². The molecule has 0 fully saturated rings. The minimum absolute atomic E-state index is 0.369. The molecule has 0 rings (SSSR count). The molecule has 0 aromatic heterocycles. The summed E-state index contributed by atoms with van der Waals surface area (Å²) in [4.78, 5) is 0. The first kappa shape index (κ1) is 6.41. The first-order valence-electron chi connectivity index (χ1n) is 2.15. The van der Waals surface area contributed by atoms with E-state index in [9.17, 15) is 4.39 Å². The van der Waals surface area contributed by atoms with Gasteiger partial charge in [0.05, 0.1) is 0 Å². The number of halogens is 1. The van der Waals surface area contributed by atoms with Crippen molar-refractivity contribution in [3.63, 3.8) is 0 Å². The standard InChI is InChI=1S/C6H9F/c1-3-4-6(2)5-7/h3-4H,1,5H2,2H3/b6-4-. The molecule has 0 N–H and O–H groups in total. The van der Waals surface area contributed by atoms with Crippen LogP contribution in [-0.4, -0.2) is 6.67 Å². The van der Waals surface area contributed by atoms with E-state index in [-0.39, 0.29) is 6.67 Å². The zero-order valence-corrected chi connectivity index (χ0v) is 4.45. The average molecular weight is 100 g/mol. The molecule has 0 aromatic rings. The highest BCUT2D eigenvalue weighted by Gasteiger charge is 1.78. The molecule has 0 radical (unpaired) electrons. The number of alkyl halides is 1. The first-order valence-corrected chi connectivity index (χ1v) is 2.15. The lowest BCUT2D eigenvalue weighted by Crippen LogP contribution is -1.72. The Hall–Kier alpha value is -0.590. The third-order valence-corrected chi connectivity index (χ3v) is 0.613. The maximum Gasteiger partial charge on any atom is 0.111 e. The van der Waals surface area contributed by atoms with Crippen molar-refractivity contribution in [2.45, 2.75) is 6.92 Å². The van der Waals surface area contributed by atoms with E-state index < -0.39 is 0 Å². The van der Waals surface area contributed by atoms with Gasteiger partial charge >= 0.3 is 0 Å². The van der Waals surface area contributed by atoms with Crippen molar-refractivity contribution in [1.29, 1.82) is 0 Å². The number of rotatable bonds is 2. The molecule has 0 unspecified atom stereocenters. The highest BCUT2D eigenvalue weighted by Crippen LogP contribution is 1.90. The summed E-state index contributed by atoms with van der Waals surface area (Å²) in [6, 6.07) is 0. The third kappa shape index (κ3) is 3.23. The Bertz CT molecular complexity index is 82.2. The van der Waals surface area contributed by atoms with Crippen molar-refractivity contribution in [1.82, 2.24) is 0 Å². The van der Waals surface area contributed by atoms with E-state index in [1.165, 1.54) is 0 Å². The van der Waals surface area contributed by atoms with Gasteiger partial charge in [-0.05, 0) is 12.5 Å². The van der Waals surface area contributed by atoms with Crippen LogP contribution in [0.2, 0.25) is 0 Å². The van der Waals surface area contributed by atoms with Crippen molar-refractivity contribution in [3.05, 3.63) is 24.3 Å². The van der Waals surface area contributed by atoms with Gasteiger partial charge in [-0.15, -0.1) is 0 Å². The van der Waals surface area contributed by atoms with Gasteiger partial charge in [0, 0.05) is 0 Å². The lowest BCUT2D eigenvalue weighted by atomic mass is 10.3. The molecule has 0 heterocycles. The smallest absolute Gasteiger partial charge is 0.111 e. The summed E-state index contributed by atoms with van der Waals surface area (Å²) < 4.78 is 11.5. The molecule has 0 aliphatic heterocycles. The molecular weight excluding hydrogens is 91.1 g/mol. The van der Waals surface area contributed by atoms with E-state index in [0.717, 1.165) is 5.57 Å². The van der Waals surface area contributed by atoms with Gasteiger partial charge in [0.1, 0.15) is 6.67 Å². The number of hydrogen-bond donors (Lipinski definition) is 0. The third-order valence-electron chi connectivity index (χ3n) is 0.613. The van der Waals surface area contributed by atoms with Gasteiger partial charge in [0.2, 0.25) is 0 Å². The highest BCUT2D eigenvalue weighted by atomic mass is 19.1. The van der Waals surface area contributed by atoms with Gasteiger partial charge in [-0.2, -0.15) is 0 Å². The molecule has 40 valence electrons. The lowest BCUT2D eigenvalue weighted by molar-refractivity contribution is 0.543. The van der Waals surface area contributed by atoms with Gasteiger partial charge in [0.25, 0.3) is 0 Å². The van der Waals surface area contributed by atoms with Crippen LogP contribution < -0.4 is 0 Å². The molecule has 0 atom stereocenters. The van der Waals surface area contributed by atoms with Crippen LogP contribution in [0.25, 0.3) is 0 Å². The molecule has 0 spiro atoms. The SMILES string of the molecule is C=C/C=C(/C)CF. The molecule has 0 aliphatic rings. The molecule has 0 saturated heterocycles. The lowest BCUT2D eigenvalue weighted by Gasteiger charge is -1.83. The summed E-state index contributed by atoms with van der Waals surface area (Å²) >= 11 is 0. The van der Waals surface area contributed by atoms with Gasteiger partial charge in [-0.25, -0.2) is 4.39 Å². The second-order valence-corrected chi connectivity index (χ2v) is 1.38. The second-order valence-electron chi connectivity index (χ2n) is 1.38. The minimum Gasteiger partial charge on any atom is -0.246 e. The summed E-state index contributed by atoms with van der Waals surface area (Å²) in [5.74, 6) is 0. The quantitative estimate of drug-likeness (QED) is 0.466. The van der Waals surface area contributed by atoms with Crippen molar-refractivity contribution in [2.24, 2.45) is 0 Å². The Morgan fingerprint density at radius 1 is 1.86 bits per heavy atom. The monoisotopic (exact) mass is 100 g/mol. The number of allylic oxidation sites excluding steroid dienone is 3. The molecule has 0 saturated carbocycles. The van der Waals surface area contributed by atoms with Gasteiger partial charge < -0.3 is 0 Å². The minimum atomic E-state index is -0.369. The van der Waals surface area contributed by atoms with Crippen molar-refractivity contribution in [3.8, 4) is 0 Å². The molecule has 0 nitrogen and oxygen atoms in total. The van der Waals surface area contributed by atoms with Crippen LogP contribution >= 0.6 is 0 Å². The Morgan fingerprint density at radius 2 is 2.43 bits per heavy atom. The molecule has 0 amide bonds. The fourth-order valence-electron chi connectivity index (χ4n) is 0.246. The van der Waals surface area contributed by atoms with E-state index in [1.54, 1.807) is 19.1 Å². The van der Waals surface area contributed by atoms with E-state index in [4.69, 9.17) is 0 Å². The Kier molecular flexibility index (Phi) is 3.29. The van der Waals surface area contributed by atoms with E-state index in [0.29, 0.717) is 0 Å². The Balaban J connectivity index is 3.49. The van der Waals surface area contributed by atoms with E-state index in [1.807, 2.05) is 0 Å². The average Bonchev–Trinajstić information content (AvgIpc) is 1.68. The van der Waals surface area contributed by atoms with Gasteiger partial charge in [-0.1, -0.05) is 18.7 Å². The maximum absolute atomic E-state index is 11.5. The van der Waals surface area contributed by atoms with Gasteiger partial charge in [-0.3, -0.25) is 0 Å². The van der Waals surface area contributed by atoms with E-state index >= 15 is 0 Å². The predicted molar refractivity (Wildman–Crippen MR) is 29.9 cm³/mol. The van der Waals surface area contributed by atoms with E-state index in [2.05, 4.69) is 6.58 Å². The largest absolute Gasteiger partial charge is 0.246 e. The predicted octanol–water partition coefficient (Wildman–Crippen LogP) is 2.09. The molecule has 0 aliphatic carbocycles. The topological polar surface area (TPSA) is 0 Å².